The summed E-state index contributed by atoms with van der Waals surface area (Å²) >= 11 is 3.20. The largest absolute Gasteiger partial charge is 0.376 e. The van der Waals surface area contributed by atoms with E-state index in [1.54, 1.807) is 12.1 Å². The Morgan fingerprint density at radius 1 is 1.39 bits per heavy atom. The van der Waals surface area contributed by atoms with Gasteiger partial charge in [0, 0.05) is 6.04 Å². The lowest BCUT2D eigenvalue weighted by atomic mass is 10.1. The van der Waals surface area contributed by atoms with Crippen LogP contribution in [0.1, 0.15) is 29.9 Å². The quantitative estimate of drug-likeness (QED) is 0.896. The van der Waals surface area contributed by atoms with Crippen LogP contribution in [-0.4, -0.2) is 10.2 Å². The van der Waals surface area contributed by atoms with E-state index in [0.29, 0.717) is 4.47 Å². The molecule has 1 heterocycles. The Balaban J connectivity index is 2.22. The van der Waals surface area contributed by atoms with Gasteiger partial charge in [-0.05, 0) is 54.4 Å². The Hall–Kier alpha value is -1.36. The van der Waals surface area contributed by atoms with Crippen molar-refractivity contribution < 1.29 is 4.39 Å². The first-order chi connectivity index (χ1) is 8.49. The van der Waals surface area contributed by atoms with Gasteiger partial charge in [0.25, 0.3) is 0 Å². The first kappa shape index (κ1) is 13.1. The fourth-order valence-corrected chi connectivity index (χ4v) is 2.24. The molecule has 0 saturated heterocycles. The van der Waals surface area contributed by atoms with Crippen LogP contribution in [0.25, 0.3) is 0 Å². The molecule has 3 nitrogen and oxygen atoms in total. The minimum Gasteiger partial charge on any atom is -0.376 e. The van der Waals surface area contributed by atoms with Crippen LogP contribution in [0.15, 0.2) is 22.7 Å². The van der Waals surface area contributed by atoms with Crippen LogP contribution in [0, 0.1) is 19.7 Å². The highest BCUT2D eigenvalue weighted by Crippen LogP contribution is 2.26. The zero-order valence-electron chi connectivity index (χ0n) is 10.5. The van der Waals surface area contributed by atoms with Gasteiger partial charge in [0.15, 0.2) is 0 Å². The van der Waals surface area contributed by atoms with E-state index in [4.69, 9.17) is 0 Å². The van der Waals surface area contributed by atoms with Crippen molar-refractivity contribution in [2.24, 2.45) is 0 Å². The lowest BCUT2D eigenvalue weighted by Crippen LogP contribution is -2.08. The van der Waals surface area contributed by atoms with Crippen LogP contribution in [0.2, 0.25) is 0 Å². The molecular weight excluding hydrogens is 297 g/mol. The third-order valence-electron chi connectivity index (χ3n) is 2.93. The van der Waals surface area contributed by atoms with Crippen molar-refractivity contribution in [1.29, 1.82) is 0 Å². The summed E-state index contributed by atoms with van der Waals surface area (Å²) in [7, 11) is 0. The third kappa shape index (κ3) is 2.56. The molecule has 2 aromatic rings. The number of aromatic nitrogens is 2. The predicted octanol–water partition coefficient (Wildman–Crippen LogP) is 4.10. The van der Waals surface area contributed by atoms with Gasteiger partial charge in [0.05, 0.1) is 21.5 Å². The number of nitrogens with one attached hydrogen (secondary N) is 2. The molecule has 0 aliphatic carbocycles. The molecule has 0 fully saturated rings. The minimum absolute atomic E-state index is 0.0805. The molecule has 1 unspecified atom stereocenters. The molecule has 0 radical (unpaired) electrons. The number of benzene rings is 1. The van der Waals surface area contributed by atoms with Gasteiger partial charge in [-0.25, -0.2) is 4.39 Å². The lowest BCUT2D eigenvalue weighted by Gasteiger charge is -2.16. The van der Waals surface area contributed by atoms with E-state index in [1.165, 1.54) is 6.07 Å². The van der Waals surface area contributed by atoms with Gasteiger partial charge in [-0.1, -0.05) is 6.07 Å². The topological polar surface area (TPSA) is 40.7 Å². The zero-order chi connectivity index (χ0) is 13.3. The summed E-state index contributed by atoms with van der Waals surface area (Å²) in [6.07, 6.45) is 0. The first-order valence-corrected chi connectivity index (χ1v) is 6.51. The van der Waals surface area contributed by atoms with Crippen molar-refractivity contribution in [2.75, 3.05) is 5.32 Å². The Morgan fingerprint density at radius 3 is 2.67 bits per heavy atom. The van der Waals surface area contributed by atoms with Gasteiger partial charge in [0.1, 0.15) is 5.82 Å². The van der Waals surface area contributed by atoms with Gasteiger partial charge < -0.3 is 5.32 Å². The highest BCUT2D eigenvalue weighted by molar-refractivity contribution is 9.10. The lowest BCUT2D eigenvalue weighted by molar-refractivity contribution is 0.619. The van der Waals surface area contributed by atoms with Crippen molar-refractivity contribution >= 4 is 21.6 Å². The van der Waals surface area contributed by atoms with Crippen molar-refractivity contribution in [3.05, 3.63) is 45.4 Å². The average Bonchev–Trinajstić information content (AvgIpc) is 2.64. The van der Waals surface area contributed by atoms with E-state index < -0.39 is 0 Å². The fourth-order valence-electron chi connectivity index (χ4n) is 1.85. The summed E-state index contributed by atoms with van der Waals surface area (Å²) in [4.78, 5) is 0. The molecule has 0 spiro atoms. The summed E-state index contributed by atoms with van der Waals surface area (Å²) in [6.45, 7) is 5.94. The molecule has 5 heteroatoms. The van der Waals surface area contributed by atoms with Crippen molar-refractivity contribution in [3.63, 3.8) is 0 Å². The smallest absolute Gasteiger partial charge is 0.137 e. The predicted molar refractivity (Wildman–Crippen MR) is 74.2 cm³/mol. The number of halogens is 2. The minimum atomic E-state index is -0.248. The normalized spacial score (nSPS) is 12.5. The number of H-pyrrole nitrogens is 1. The van der Waals surface area contributed by atoms with E-state index in [-0.39, 0.29) is 11.9 Å². The molecular formula is C13H15BrFN3. The van der Waals surface area contributed by atoms with E-state index in [0.717, 1.165) is 22.6 Å². The SMILES string of the molecule is Cc1n[nH]c(C)c1NC(C)c1ccc(F)c(Br)c1. The molecule has 2 N–H and O–H groups in total. The summed E-state index contributed by atoms with van der Waals surface area (Å²) in [6, 6.07) is 5.12. The number of aromatic amines is 1. The van der Waals surface area contributed by atoms with Crippen LogP contribution in [0.4, 0.5) is 10.1 Å². The fraction of sp³-hybridized carbons (Fsp3) is 0.308. The molecule has 1 aromatic carbocycles. The highest BCUT2D eigenvalue weighted by atomic mass is 79.9. The van der Waals surface area contributed by atoms with Crippen molar-refractivity contribution in [1.82, 2.24) is 10.2 Å². The molecule has 0 bridgehead atoms. The van der Waals surface area contributed by atoms with Crippen molar-refractivity contribution in [3.8, 4) is 0 Å². The number of aryl methyl sites for hydroxylation is 2. The molecule has 2 rings (SSSR count). The maximum absolute atomic E-state index is 13.2. The Bertz CT molecular complexity index is 546. The number of hydrogen-bond acceptors (Lipinski definition) is 2. The Morgan fingerprint density at radius 2 is 2.11 bits per heavy atom. The van der Waals surface area contributed by atoms with Crippen LogP contribution >= 0.6 is 15.9 Å². The molecule has 1 atom stereocenters. The maximum Gasteiger partial charge on any atom is 0.137 e. The second-order valence-corrected chi connectivity index (χ2v) is 5.20. The van der Waals surface area contributed by atoms with Gasteiger partial charge in [-0.3, -0.25) is 5.10 Å². The van der Waals surface area contributed by atoms with Crippen LogP contribution in [0.5, 0.6) is 0 Å². The highest BCUT2D eigenvalue weighted by Gasteiger charge is 2.12. The van der Waals surface area contributed by atoms with E-state index in [9.17, 15) is 4.39 Å². The molecule has 1 aromatic heterocycles. The first-order valence-electron chi connectivity index (χ1n) is 5.72. The van der Waals surface area contributed by atoms with Crippen LogP contribution < -0.4 is 5.32 Å². The molecule has 0 aliphatic heterocycles. The monoisotopic (exact) mass is 311 g/mol. The molecule has 0 amide bonds. The van der Waals surface area contributed by atoms with Gasteiger partial charge in [0.2, 0.25) is 0 Å². The summed E-state index contributed by atoms with van der Waals surface area (Å²) < 4.78 is 13.7. The van der Waals surface area contributed by atoms with E-state index in [1.807, 2.05) is 20.8 Å². The van der Waals surface area contributed by atoms with E-state index in [2.05, 4.69) is 31.4 Å². The van der Waals surface area contributed by atoms with Gasteiger partial charge >= 0.3 is 0 Å². The Kier molecular flexibility index (Phi) is 3.71. The Labute approximate surface area is 114 Å². The van der Waals surface area contributed by atoms with Crippen LogP contribution in [-0.2, 0) is 0 Å². The second kappa shape index (κ2) is 5.10. The average molecular weight is 312 g/mol. The molecule has 0 saturated carbocycles. The summed E-state index contributed by atoms with van der Waals surface area (Å²) in [5.74, 6) is -0.248. The van der Waals surface area contributed by atoms with E-state index >= 15 is 0 Å². The van der Waals surface area contributed by atoms with Crippen molar-refractivity contribution in [2.45, 2.75) is 26.8 Å². The van der Waals surface area contributed by atoms with Crippen LogP contribution in [0.3, 0.4) is 0 Å². The number of anilines is 1. The summed E-state index contributed by atoms with van der Waals surface area (Å²) in [5, 5.41) is 10.5. The maximum atomic E-state index is 13.2. The number of nitrogens with zero attached hydrogens (tertiary/aromatic N) is 1. The number of rotatable bonds is 3. The second-order valence-electron chi connectivity index (χ2n) is 4.35. The standard InChI is InChI=1S/C13H15BrFN3/c1-7(10-4-5-12(15)11(14)6-10)16-13-8(2)17-18-9(13)3/h4-7,16H,1-3H3,(H,17,18). The van der Waals surface area contributed by atoms with Gasteiger partial charge in [-0.15, -0.1) is 0 Å². The molecule has 0 aliphatic rings. The number of hydrogen-bond donors (Lipinski definition) is 2. The summed E-state index contributed by atoms with van der Waals surface area (Å²) in [5.41, 5.74) is 3.95. The zero-order valence-corrected chi connectivity index (χ0v) is 12.1. The third-order valence-corrected chi connectivity index (χ3v) is 3.54. The molecule has 96 valence electrons. The van der Waals surface area contributed by atoms with Gasteiger partial charge in [-0.2, -0.15) is 5.10 Å². The molecule has 18 heavy (non-hydrogen) atoms.